The standard InChI is InChI=1S/C17H24N6S/c1-3-14(24-13-7-5-4-6-8-13)15-19-16(18)21-17(20-15)23-11-9-22(2)10-12-23/h4-8,14H,3,9-12H2,1-2H3,(H2,18,19,20,21). The SMILES string of the molecule is CCC(Sc1ccccc1)c1nc(N)nc(N2CCN(C)CC2)n1. The van der Waals surface area contributed by atoms with Crippen molar-refractivity contribution < 1.29 is 0 Å². The van der Waals surface area contributed by atoms with E-state index in [2.05, 4.69) is 45.9 Å². The molecular formula is C17H24N6S. The second kappa shape index (κ2) is 7.81. The molecule has 3 rings (SSSR count). The Hall–Kier alpha value is -1.86. The molecule has 24 heavy (non-hydrogen) atoms. The first kappa shape index (κ1) is 17.0. The Morgan fingerprint density at radius 3 is 2.46 bits per heavy atom. The lowest BCUT2D eigenvalue weighted by molar-refractivity contribution is 0.311. The van der Waals surface area contributed by atoms with Gasteiger partial charge in [0.2, 0.25) is 11.9 Å². The van der Waals surface area contributed by atoms with Gasteiger partial charge >= 0.3 is 0 Å². The second-order valence-corrected chi connectivity index (χ2v) is 7.25. The van der Waals surface area contributed by atoms with Gasteiger partial charge in [-0.05, 0) is 25.6 Å². The molecule has 2 N–H and O–H groups in total. The number of nitrogen functional groups attached to an aromatic ring is 1. The molecule has 1 aliphatic rings. The summed E-state index contributed by atoms with van der Waals surface area (Å²) in [7, 11) is 2.13. The Morgan fingerprint density at radius 1 is 1.08 bits per heavy atom. The monoisotopic (exact) mass is 344 g/mol. The van der Waals surface area contributed by atoms with Crippen LogP contribution in [0.25, 0.3) is 0 Å². The first-order chi connectivity index (χ1) is 11.7. The van der Waals surface area contributed by atoms with Crippen molar-refractivity contribution in [2.45, 2.75) is 23.5 Å². The molecule has 128 valence electrons. The van der Waals surface area contributed by atoms with E-state index in [9.17, 15) is 0 Å². The van der Waals surface area contributed by atoms with Gasteiger partial charge in [-0.25, -0.2) is 0 Å². The van der Waals surface area contributed by atoms with Gasteiger partial charge in [0.1, 0.15) is 5.82 Å². The van der Waals surface area contributed by atoms with E-state index in [0.717, 1.165) is 38.4 Å². The average Bonchev–Trinajstić information content (AvgIpc) is 2.60. The molecule has 0 aliphatic carbocycles. The lowest BCUT2D eigenvalue weighted by atomic mass is 10.3. The Bertz CT molecular complexity index is 657. The van der Waals surface area contributed by atoms with E-state index in [1.54, 1.807) is 11.8 Å². The molecule has 7 heteroatoms. The molecule has 0 bridgehead atoms. The summed E-state index contributed by atoms with van der Waals surface area (Å²) in [6.45, 7) is 6.01. The maximum Gasteiger partial charge on any atom is 0.230 e. The third-order valence-corrected chi connectivity index (χ3v) is 5.50. The fourth-order valence-electron chi connectivity index (χ4n) is 2.67. The molecule has 0 radical (unpaired) electrons. The molecule has 1 atom stereocenters. The highest BCUT2D eigenvalue weighted by Crippen LogP contribution is 2.36. The van der Waals surface area contributed by atoms with Crippen molar-refractivity contribution >= 4 is 23.7 Å². The number of likely N-dealkylation sites (N-methyl/N-ethyl adjacent to an activating group) is 1. The minimum Gasteiger partial charge on any atom is -0.368 e. The molecule has 6 nitrogen and oxygen atoms in total. The minimum absolute atomic E-state index is 0.170. The zero-order valence-electron chi connectivity index (χ0n) is 14.2. The summed E-state index contributed by atoms with van der Waals surface area (Å²) < 4.78 is 0. The van der Waals surface area contributed by atoms with Crippen LogP contribution in [0.3, 0.4) is 0 Å². The van der Waals surface area contributed by atoms with Crippen LogP contribution in [-0.2, 0) is 0 Å². The normalized spacial score (nSPS) is 17.0. The number of nitrogens with two attached hydrogens (primary N) is 1. The Morgan fingerprint density at radius 2 is 1.79 bits per heavy atom. The van der Waals surface area contributed by atoms with Gasteiger partial charge in [0.25, 0.3) is 0 Å². The molecule has 2 aromatic rings. The number of rotatable bonds is 5. The molecule has 0 amide bonds. The number of benzene rings is 1. The Kier molecular flexibility index (Phi) is 5.52. The van der Waals surface area contributed by atoms with Crippen LogP contribution in [0.2, 0.25) is 0 Å². The van der Waals surface area contributed by atoms with E-state index in [0.29, 0.717) is 11.9 Å². The van der Waals surface area contributed by atoms with Crippen LogP contribution in [-0.4, -0.2) is 53.1 Å². The summed E-state index contributed by atoms with van der Waals surface area (Å²) in [6, 6.07) is 10.3. The molecule has 1 fully saturated rings. The van der Waals surface area contributed by atoms with Gasteiger partial charge in [-0.2, -0.15) is 15.0 Å². The summed E-state index contributed by atoms with van der Waals surface area (Å²) in [6.07, 6.45) is 0.936. The number of nitrogens with zero attached hydrogens (tertiary/aromatic N) is 5. The third kappa shape index (κ3) is 4.15. The maximum atomic E-state index is 5.97. The topological polar surface area (TPSA) is 71.2 Å². The zero-order chi connectivity index (χ0) is 16.9. The highest BCUT2D eigenvalue weighted by molar-refractivity contribution is 7.99. The summed E-state index contributed by atoms with van der Waals surface area (Å²) in [4.78, 5) is 19.2. The van der Waals surface area contributed by atoms with Crippen LogP contribution in [0.15, 0.2) is 35.2 Å². The third-order valence-electron chi connectivity index (χ3n) is 4.12. The molecule has 1 aromatic carbocycles. The predicted octanol–water partition coefficient (Wildman–Crippen LogP) is 2.45. The highest BCUT2D eigenvalue weighted by atomic mass is 32.2. The van der Waals surface area contributed by atoms with E-state index >= 15 is 0 Å². The largest absolute Gasteiger partial charge is 0.368 e. The van der Waals surface area contributed by atoms with Crippen molar-refractivity contribution in [3.05, 3.63) is 36.2 Å². The predicted molar refractivity (Wildman–Crippen MR) is 99.3 cm³/mol. The van der Waals surface area contributed by atoms with E-state index in [1.807, 2.05) is 18.2 Å². The summed E-state index contributed by atoms with van der Waals surface area (Å²) in [5.74, 6) is 1.78. The van der Waals surface area contributed by atoms with Gasteiger partial charge in [-0.15, -0.1) is 11.8 Å². The van der Waals surface area contributed by atoms with Crippen molar-refractivity contribution in [2.75, 3.05) is 43.9 Å². The van der Waals surface area contributed by atoms with Gasteiger partial charge in [-0.3, -0.25) is 0 Å². The number of aromatic nitrogens is 3. The number of anilines is 2. The van der Waals surface area contributed by atoms with Gasteiger partial charge in [0.15, 0.2) is 0 Å². The number of hydrogen-bond donors (Lipinski definition) is 1. The van der Waals surface area contributed by atoms with Crippen LogP contribution in [0, 0.1) is 0 Å². The second-order valence-electron chi connectivity index (χ2n) is 5.97. The summed E-state index contributed by atoms with van der Waals surface area (Å²) in [5.41, 5.74) is 5.97. The van der Waals surface area contributed by atoms with Crippen molar-refractivity contribution in [1.82, 2.24) is 19.9 Å². The quantitative estimate of drug-likeness (QED) is 0.835. The van der Waals surface area contributed by atoms with Crippen LogP contribution in [0.5, 0.6) is 0 Å². The van der Waals surface area contributed by atoms with E-state index in [4.69, 9.17) is 10.7 Å². The van der Waals surface area contributed by atoms with Gasteiger partial charge in [0.05, 0.1) is 5.25 Å². The van der Waals surface area contributed by atoms with E-state index in [1.165, 1.54) is 4.90 Å². The molecule has 1 aliphatic heterocycles. The van der Waals surface area contributed by atoms with Crippen LogP contribution < -0.4 is 10.6 Å². The molecule has 1 unspecified atom stereocenters. The fourth-order valence-corrected chi connectivity index (χ4v) is 3.69. The van der Waals surface area contributed by atoms with Crippen molar-refractivity contribution in [2.24, 2.45) is 0 Å². The van der Waals surface area contributed by atoms with Gasteiger partial charge in [0, 0.05) is 31.1 Å². The van der Waals surface area contributed by atoms with Crippen molar-refractivity contribution in [3.8, 4) is 0 Å². The molecule has 2 heterocycles. The van der Waals surface area contributed by atoms with E-state index in [-0.39, 0.29) is 5.25 Å². The molecule has 1 aromatic heterocycles. The lowest BCUT2D eigenvalue weighted by Gasteiger charge is -2.32. The van der Waals surface area contributed by atoms with E-state index < -0.39 is 0 Å². The molecular weight excluding hydrogens is 320 g/mol. The molecule has 1 saturated heterocycles. The molecule has 0 spiro atoms. The summed E-state index contributed by atoms with van der Waals surface area (Å²) >= 11 is 1.77. The number of thioether (sulfide) groups is 1. The average molecular weight is 344 g/mol. The van der Waals surface area contributed by atoms with Crippen LogP contribution in [0.1, 0.15) is 24.4 Å². The lowest BCUT2D eigenvalue weighted by Crippen LogP contribution is -2.45. The first-order valence-corrected chi connectivity index (χ1v) is 9.20. The number of piperazine rings is 1. The highest BCUT2D eigenvalue weighted by Gasteiger charge is 2.21. The first-order valence-electron chi connectivity index (χ1n) is 8.32. The summed E-state index contributed by atoms with van der Waals surface area (Å²) in [5, 5.41) is 0.170. The van der Waals surface area contributed by atoms with Gasteiger partial charge < -0.3 is 15.5 Å². The van der Waals surface area contributed by atoms with Crippen molar-refractivity contribution in [3.63, 3.8) is 0 Å². The Balaban J connectivity index is 1.81. The van der Waals surface area contributed by atoms with Gasteiger partial charge in [-0.1, -0.05) is 25.1 Å². The smallest absolute Gasteiger partial charge is 0.230 e. The maximum absolute atomic E-state index is 5.97. The molecule has 0 saturated carbocycles. The van der Waals surface area contributed by atoms with Crippen molar-refractivity contribution in [1.29, 1.82) is 0 Å². The zero-order valence-corrected chi connectivity index (χ0v) is 15.0. The minimum atomic E-state index is 0.170. The number of hydrogen-bond acceptors (Lipinski definition) is 7. The Labute approximate surface area is 147 Å². The fraction of sp³-hybridized carbons (Fsp3) is 0.471. The van der Waals surface area contributed by atoms with Crippen LogP contribution >= 0.6 is 11.8 Å². The van der Waals surface area contributed by atoms with Crippen LogP contribution in [0.4, 0.5) is 11.9 Å².